The summed E-state index contributed by atoms with van der Waals surface area (Å²) in [6.07, 6.45) is 8.45. The predicted octanol–water partition coefficient (Wildman–Crippen LogP) is -0.190. The standard InChI is InChI=1S/C20H21BN8O3/c1-28(2)18-16(23-11-13-6-5-7-14(10-13)21(31)32)25-17(26-27-18)19-24-12-15-8-3-4-9-29(15,19)20(22)30/h3-10,12,31-32H,11H2,1-2H3,(H2-,22,23,25,26,30)/p+1. The van der Waals surface area contributed by atoms with Crippen LogP contribution in [0.25, 0.3) is 0 Å². The number of hydrogen-bond donors (Lipinski definition) is 4. The maximum absolute atomic E-state index is 12.4. The van der Waals surface area contributed by atoms with Crippen LogP contribution in [0.4, 0.5) is 16.4 Å². The summed E-state index contributed by atoms with van der Waals surface area (Å²) in [5.74, 6) is 1.31. The third-order valence-corrected chi connectivity index (χ3v) is 5.10. The van der Waals surface area contributed by atoms with Gasteiger partial charge in [0.05, 0.1) is 6.20 Å². The Morgan fingerprint density at radius 3 is 2.78 bits per heavy atom. The van der Waals surface area contributed by atoms with Crippen molar-refractivity contribution in [2.24, 2.45) is 10.7 Å². The molecular weight excluding hydrogens is 411 g/mol. The van der Waals surface area contributed by atoms with Gasteiger partial charge in [-0.15, -0.1) is 14.7 Å². The molecule has 1 aromatic carbocycles. The van der Waals surface area contributed by atoms with Crippen molar-refractivity contribution in [1.82, 2.24) is 15.2 Å². The minimum absolute atomic E-state index is 0.155. The zero-order valence-corrected chi connectivity index (χ0v) is 17.5. The number of urea groups is 1. The van der Waals surface area contributed by atoms with Gasteiger partial charge in [-0.2, -0.15) is 9.98 Å². The number of carbonyl (C=O) groups is 1. The van der Waals surface area contributed by atoms with Crippen molar-refractivity contribution < 1.29 is 19.3 Å². The highest BCUT2D eigenvalue weighted by Crippen LogP contribution is 2.32. The first-order chi connectivity index (χ1) is 15.3. The number of aliphatic imine (C=N–C) groups is 1. The van der Waals surface area contributed by atoms with E-state index >= 15 is 0 Å². The van der Waals surface area contributed by atoms with E-state index in [1.165, 1.54) is 0 Å². The van der Waals surface area contributed by atoms with Gasteiger partial charge >= 0.3 is 13.1 Å². The monoisotopic (exact) mass is 433 g/mol. The average Bonchev–Trinajstić information content (AvgIpc) is 3.18. The minimum Gasteiger partial charge on any atom is -0.423 e. The van der Waals surface area contributed by atoms with Crippen molar-refractivity contribution in [2.45, 2.75) is 6.54 Å². The lowest BCUT2D eigenvalue weighted by atomic mass is 9.80. The molecule has 0 saturated heterocycles. The van der Waals surface area contributed by atoms with E-state index in [0.717, 1.165) is 5.56 Å². The van der Waals surface area contributed by atoms with E-state index in [-0.39, 0.29) is 11.7 Å². The van der Waals surface area contributed by atoms with E-state index < -0.39 is 17.6 Å². The number of nitrogens with zero attached hydrogens (tertiary/aromatic N) is 6. The van der Waals surface area contributed by atoms with Crippen LogP contribution in [0.1, 0.15) is 11.4 Å². The molecule has 162 valence electrons. The zero-order chi connectivity index (χ0) is 22.9. The van der Waals surface area contributed by atoms with Crippen molar-refractivity contribution >= 4 is 36.1 Å². The second-order valence-electron chi connectivity index (χ2n) is 7.44. The lowest BCUT2D eigenvalue weighted by molar-refractivity contribution is -0.647. The van der Waals surface area contributed by atoms with Gasteiger partial charge in [0.1, 0.15) is 6.20 Å². The number of amidine groups is 1. The lowest BCUT2D eigenvalue weighted by Gasteiger charge is -2.27. The Morgan fingerprint density at radius 2 is 2.06 bits per heavy atom. The Hall–Kier alpha value is -3.87. The van der Waals surface area contributed by atoms with E-state index in [4.69, 9.17) is 5.73 Å². The number of carbonyl (C=O) groups excluding carboxylic acids is 1. The Morgan fingerprint density at radius 1 is 1.25 bits per heavy atom. The molecule has 2 aliphatic heterocycles. The van der Waals surface area contributed by atoms with Gasteiger partial charge in [-0.1, -0.05) is 30.3 Å². The predicted molar refractivity (Wildman–Crippen MR) is 120 cm³/mol. The Bertz CT molecular complexity index is 1190. The van der Waals surface area contributed by atoms with Gasteiger partial charge in [0.2, 0.25) is 0 Å². The molecule has 32 heavy (non-hydrogen) atoms. The summed E-state index contributed by atoms with van der Waals surface area (Å²) in [4.78, 5) is 23.2. The van der Waals surface area contributed by atoms with Gasteiger partial charge in [0.25, 0.3) is 11.7 Å². The molecule has 2 aromatic rings. The molecule has 0 aliphatic carbocycles. The molecule has 0 radical (unpaired) electrons. The summed E-state index contributed by atoms with van der Waals surface area (Å²) < 4.78 is -0.421. The number of nitrogens with two attached hydrogens (primary N) is 1. The van der Waals surface area contributed by atoms with E-state index in [9.17, 15) is 14.8 Å². The Kier molecular flexibility index (Phi) is 5.57. The average molecular weight is 433 g/mol. The molecule has 11 nitrogen and oxygen atoms in total. The fourth-order valence-corrected chi connectivity index (χ4v) is 3.49. The molecule has 1 unspecified atom stereocenters. The smallest absolute Gasteiger partial charge is 0.423 e. The van der Waals surface area contributed by atoms with Crippen LogP contribution < -0.4 is 21.4 Å². The highest BCUT2D eigenvalue weighted by Gasteiger charge is 2.49. The first kappa shape index (κ1) is 21.4. The van der Waals surface area contributed by atoms with Crippen LogP contribution in [-0.4, -0.2) is 62.8 Å². The van der Waals surface area contributed by atoms with Gasteiger partial charge in [0.15, 0.2) is 17.3 Å². The third kappa shape index (κ3) is 3.66. The van der Waals surface area contributed by atoms with Crippen molar-refractivity contribution in [3.8, 4) is 0 Å². The molecule has 4 rings (SSSR count). The second kappa shape index (κ2) is 8.34. The molecule has 0 spiro atoms. The molecule has 1 aromatic heterocycles. The highest BCUT2D eigenvalue weighted by molar-refractivity contribution is 6.58. The van der Waals surface area contributed by atoms with Crippen LogP contribution in [0.3, 0.4) is 0 Å². The molecule has 0 fully saturated rings. The fraction of sp³-hybridized carbons (Fsp3) is 0.150. The van der Waals surface area contributed by atoms with Crippen LogP contribution >= 0.6 is 0 Å². The second-order valence-corrected chi connectivity index (χ2v) is 7.44. The van der Waals surface area contributed by atoms with Crippen LogP contribution in [0.2, 0.25) is 0 Å². The zero-order valence-electron chi connectivity index (χ0n) is 17.5. The summed E-state index contributed by atoms with van der Waals surface area (Å²) in [5, 5.41) is 30.5. The maximum atomic E-state index is 12.4. The van der Waals surface area contributed by atoms with Crippen molar-refractivity contribution in [3.63, 3.8) is 0 Å². The van der Waals surface area contributed by atoms with Crippen molar-refractivity contribution in [1.29, 1.82) is 0 Å². The first-order valence-corrected chi connectivity index (χ1v) is 9.78. The van der Waals surface area contributed by atoms with Crippen LogP contribution in [0.5, 0.6) is 0 Å². The van der Waals surface area contributed by atoms with E-state index in [2.05, 4.69) is 25.5 Å². The Balaban J connectivity index is 1.67. The quantitative estimate of drug-likeness (QED) is 0.362. The van der Waals surface area contributed by atoms with Gasteiger partial charge in [-0.25, -0.2) is 4.79 Å². The van der Waals surface area contributed by atoms with E-state index in [0.29, 0.717) is 29.3 Å². The van der Waals surface area contributed by atoms with Gasteiger partial charge < -0.3 is 26.0 Å². The third-order valence-electron chi connectivity index (χ3n) is 5.10. The number of allylic oxidation sites excluding steroid dienone is 3. The summed E-state index contributed by atoms with van der Waals surface area (Å²) in [7, 11) is 2.06. The minimum atomic E-state index is -1.55. The number of amides is 2. The molecule has 0 saturated carbocycles. The number of anilines is 2. The van der Waals surface area contributed by atoms with Crippen molar-refractivity contribution in [3.05, 3.63) is 72.0 Å². The number of primary amides is 1. The number of aromatic nitrogens is 3. The lowest BCUT2D eigenvalue weighted by Crippen LogP contribution is -2.54. The molecule has 12 heteroatoms. The number of benzene rings is 1. The van der Waals surface area contributed by atoms with E-state index in [1.807, 2.05) is 20.2 Å². The molecule has 5 N–H and O–H groups in total. The summed E-state index contributed by atoms with van der Waals surface area (Å²) in [6, 6.07) is 6.25. The number of quaternary nitrogens is 1. The number of rotatable bonds is 6. The molecule has 2 aliphatic rings. The maximum Gasteiger partial charge on any atom is 0.488 e. The van der Waals surface area contributed by atoms with Crippen molar-refractivity contribution in [2.75, 3.05) is 24.3 Å². The van der Waals surface area contributed by atoms with Crippen LogP contribution in [0.15, 0.2) is 65.6 Å². The van der Waals surface area contributed by atoms with Gasteiger partial charge in [0, 0.05) is 26.7 Å². The van der Waals surface area contributed by atoms with Gasteiger partial charge in [-0.05, 0) is 17.1 Å². The fourth-order valence-electron chi connectivity index (χ4n) is 3.49. The highest BCUT2D eigenvalue weighted by atomic mass is 16.4. The largest absolute Gasteiger partial charge is 0.488 e. The molecule has 3 heterocycles. The van der Waals surface area contributed by atoms with Crippen LogP contribution in [-0.2, 0) is 6.54 Å². The number of hydrogen-bond acceptors (Lipinski definition) is 9. The SMILES string of the molecule is CN(C)c1nnc(C2=NC=C3C=CC=C[N+]32C(N)=O)nc1NCc1cccc(B(O)O)c1. The molecule has 2 amide bonds. The number of fused-ring (bicyclic) bond motifs is 1. The van der Waals surface area contributed by atoms with Gasteiger partial charge in [-0.3, -0.25) is 0 Å². The summed E-state index contributed by atoms with van der Waals surface area (Å²) >= 11 is 0. The number of nitrogens with one attached hydrogen (secondary N) is 1. The first-order valence-electron chi connectivity index (χ1n) is 9.78. The summed E-state index contributed by atoms with van der Waals surface area (Å²) in [6.45, 7) is 0.341. The van der Waals surface area contributed by atoms with E-state index in [1.54, 1.807) is 53.7 Å². The van der Waals surface area contributed by atoms with Crippen LogP contribution in [0, 0.1) is 0 Å². The Labute approximate surface area is 184 Å². The molecular formula is C20H22BN8O3+. The molecule has 1 atom stereocenters. The summed E-state index contributed by atoms with van der Waals surface area (Å²) in [5.41, 5.74) is 7.53. The molecule has 0 bridgehead atoms. The normalized spacial score (nSPS) is 18.6. The topological polar surface area (TPSA) is 150 Å².